The van der Waals surface area contributed by atoms with Gasteiger partial charge in [0.05, 0.1) is 6.54 Å². The normalized spacial score (nSPS) is 15.8. The van der Waals surface area contributed by atoms with Crippen molar-refractivity contribution in [1.29, 1.82) is 0 Å². The standard InChI is InChI=1S/C23H22F2N2O3/c24-15-5-6-19(21(25)11-15)18-7-8-22(20-4-2-1-3-17(18)20)30-14-16(28)12-27-10-9-26-23(29)13-27/h1-8,11,16,28H,9-10,12-14H2,(H,26,29). The Kier molecular flexibility index (Phi) is 5.92. The molecular weight excluding hydrogens is 390 g/mol. The lowest BCUT2D eigenvalue weighted by Crippen LogP contribution is -2.50. The van der Waals surface area contributed by atoms with E-state index in [2.05, 4.69) is 5.32 Å². The highest BCUT2D eigenvalue weighted by atomic mass is 19.1. The van der Waals surface area contributed by atoms with Gasteiger partial charge in [0, 0.05) is 36.7 Å². The molecule has 0 saturated carbocycles. The monoisotopic (exact) mass is 412 g/mol. The van der Waals surface area contributed by atoms with Crippen molar-refractivity contribution in [2.45, 2.75) is 6.10 Å². The number of hydrogen-bond acceptors (Lipinski definition) is 4. The van der Waals surface area contributed by atoms with Crippen molar-refractivity contribution in [3.63, 3.8) is 0 Å². The predicted molar refractivity (Wildman–Crippen MR) is 110 cm³/mol. The second-order valence-corrected chi connectivity index (χ2v) is 7.33. The van der Waals surface area contributed by atoms with E-state index in [0.717, 1.165) is 16.8 Å². The van der Waals surface area contributed by atoms with Crippen molar-refractivity contribution in [1.82, 2.24) is 10.2 Å². The summed E-state index contributed by atoms with van der Waals surface area (Å²) in [6.45, 7) is 1.91. The van der Waals surface area contributed by atoms with E-state index in [1.807, 2.05) is 29.2 Å². The van der Waals surface area contributed by atoms with Crippen LogP contribution in [0.3, 0.4) is 0 Å². The first-order valence-corrected chi connectivity index (χ1v) is 9.78. The van der Waals surface area contributed by atoms with Gasteiger partial charge in [0.1, 0.15) is 30.1 Å². The number of β-amino-alcohol motifs (C(OH)–C–C–N with tert-alkyl or cyclic N) is 1. The van der Waals surface area contributed by atoms with Crippen LogP contribution in [0.15, 0.2) is 54.6 Å². The molecule has 1 unspecified atom stereocenters. The first kappa shape index (κ1) is 20.3. The number of ether oxygens (including phenoxy) is 1. The number of halogens is 2. The maximum atomic E-state index is 14.3. The number of amides is 1. The summed E-state index contributed by atoms with van der Waals surface area (Å²) in [7, 11) is 0. The summed E-state index contributed by atoms with van der Waals surface area (Å²) < 4.78 is 33.5. The molecule has 30 heavy (non-hydrogen) atoms. The Balaban J connectivity index is 1.53. The van der Waals surface area contributed by atoms with Crippen LogP contribution < -0.4 is 10.1 Å². The minimum atomic E-state index is -0.760. The summed E-state index contributed by atoms with van der Waals surface area (Å²) in [6.07, 6.45) is -0.760. The largest absolute Gasteiger partial charge is 0.490 e. The number of aliphatic hydroxyl groups excluding tert-OH is 1. The van der Waals surface area contributed by atoms with Crippen LogP contribution in [0, 0.1) is 11.6 Å². The first-order valence-electron chi connectivity index (χ1n) is 9.78. The minimum absolute atomic E-state index is 0.0519. The number of carbonyl (C=O) groups excluding carboxylic acids is 1. The number of carbonyl (C=O) groups is 1. The minimum Gasteiger partial charge on any atom is -0.490 e. The molecule has 2 N–H and O–H groups in total. The third kappa shape index (κ3) is 4.42. The fourth-order valence-electron chi connectivity index (χ4n) is 3.72. The van der Waals surface area contributed by atoms with Crippen LogP contribution in [-0.2, 0) is 4.79 Å². The average molecular weight is 412 g/mol. The van der Waals surface area contributed by atoms with Gasteiger partial charge in [-0.05, 0) is 35.2 Å². The number of fused-ring (bicyclic) bond motifs is 1. The Hall–Kier alpha value is -3.03. The van der Waals surface area contributed by atoms with Crippen molar-refractivity contribution >= 4 is 16.7 Å². The zero-order valence-electron chi connectivity index (χ0n) is 16.3. The molecule has 0 spiro atoms. The molecule has 1 aliphatic rings. The predicted octanol–water partition coefficient (Wildman–Crippen LogP) is 2.96. The first-order chi connectivity index (χ1) is 14.5. The highest BCUT2D eigenvalue weighted by molar-refractivity contribution is 6.00. The zero-order valence-corrected chi connectivity index (χ0v) is 16.3. The van der Waals surface area contributed by atoms with Crippen LogP contribution in [0.25, 0.3) is 21.9 Å². The fraction of sp³-hybridized carbons (Fsp3) is 0.261. The highest BCUT2D eigenvalue weighted by Crippen LogP contribution is 2.35. The van der Waals surface area contributed by atoms with E-state index >= 15 is 0 Å². The summed E-state index contributed by atoms with van der Waals surface area (Å²) in [5.74, 6) is -0.744. The van der Waals surface area contributed by atoms with E-state index in [1.165, 1.54) is 12.1 Å². The summed E-state index contributed by atoms with van der Waals surface area (Å²) in [6, 6.07) is 14.4. The van der Waals surface area contributed by atoms with Gasteiger partial charge in [-0.25, -0.2) is 8.78 Å². The molecule has 1 heterocycles. The van der Waals surface area contributed by atoms with Crippen molar-refractivity contribution in [2.75, 3.05) is 32.8 Å². The Morgan fingerprint density at radius 3 is 2.60 bits per heavy atom. The molecule has 0 aromatic heterocycles. The number of hydrogen-bond donors (Lipinski definition) is 2. The maximum Gasteiger partial charge on any atom is 0.234 e. The molecule has 0 bridgehead atoms. The Morgan fingerprint density at radius 2 is 1.83 bits per heavy atom. The van der Waals surface area contributed by atoms with Crippen LogP contribution in [0.1, 0.15) is 0 Å². The van der Waals surface area contributed by atoms with E-state index in [0.29, 0.717) is 36.5 Å². The Labute approximate surface area is 172 Å². The topological polar surface area (TPSA) is 61.8 Å². The number of rotatable bonds is 6. The van der Waals surface area contributed by atoms with Gasteiger partial charge in [-0.2, -0.15) is 0 Å². The van der Waals surface area contributed by atoms with Gasteiger partial charge in [-0.15, -0.1) is 0 Å². The molecule has 3 aromatic carbocycles. The van der Waals surface area contributed by atoms with Crippen molar-refractivity contribution in [3.05, 3.63) is 66.2 Å². The fourth-order valence-corrected chi connectivity index (χ4v) is 3.72. The van der Waals surface area contributed by atoms with Gasteiger partial charge < -0.3 is 15.2 Å². The van der Waals surface area contributed by atoms with Crippen molar-refractivity contribution in [2.24, 2.45) is 0 Å². The average Bonchev–Trinajstić information content (AvgIpc) is 2.72. The smallest absolute Gasteiger partial charge is 0.234 e. The third-order valence-corrected chi connectivity index (χ3v) is 5.12. The number of nitrogens with zero attached hydrogens (tertiary/aromatic N) is 1. The molecule has 0 radical (unpaired) electrons. The van der Waals surface area contributed by atoms with E-state index in [-0.39, 0.29) is 19.1 Å². The number of piperazine rings is 1. The molecule has 5 nitrogen and oxygen atoms in total. The quantitative estimate of drug-likeness (QED) is 0.654. The van der Waals surface area contributed by atoms with E-state index < -0.39 is 17.7 Å². The number of benzene rings is 3. The lowest BCUT2D eigenvalue weighted by atomic mass is 9.97. The molecule has 1 fully saturated rings. The molecular formula is C23H22F2N2O3. The highest BCUT2D eigenvalue weighted by Gasteiger charge is 2.20. The molecule has 1 aliphatic heterocycles. The molecule has 1 saturated heterocycles. The van der Waals surface area contributed by atoms with E-state index in [4.69, 9.17) is 4.74 Å². The van der Waals surface area contributed by atoms with Gasteiger partial charge in [0.15, 0.2) is 0 Å². The van der Waals surface area contributed by atoms with Gasteiger partial charge in [-0.1, -0.05) is 24.3 Å². The van der Waals surface area contributed by atoms with Gasteiger partial charge in [0.25, 0.3) is 0 Å². The van der Waals surface area contributed by atoms with Gasteiger partial charge in [-0.3, -0.25) is 9.69 Å². The summed E-state index contributed by atoms with van der Waals surface area (Å²) >= 11 is 0. The second-order valence-electron chi connectivity index (χ2n) is 7.33. The lowest BCUT2D eigenvalue weighted by Gasteiger charge is -2.28. The van der Waals surface area contributed by atoms with Gasteiger partial charge in [0.2, 0.25) is 5.91 Å². The van der Waals surface area contributed by atoms with Crippen LogP contribution >= 0.6 is 0 Å². The van der Waals surface area contributed by atoms with Crippen LogP contribution in [0.4, 0.5) is 8.78 Å². The molecule has 7 heteroatoms. The molecule has 156 valence electrons. The second kappa shape index (κ2) is 8.77. The maximum absolute atomic E-state index is 14.3. The molecule has 4 rings (SSSR count). The Bertz CT molecular complexity index is 1070. The van der Waals surface area contributed by atoms with E-state index in [1.54, 1.807) is 12.1 Å². The number of nitrogens with one attached hydrogen (secondary N) is 1. The van der Waals surface area contributed by atoms with Crippen LogP contribution in [-0.4, -0.2) is 54.8 Å². The van der Waals surface area contributed by atoms with Crippen LogP contribution in [0.2, 0.25) is 0 Å². The molecule has 1 atom stereocenters. The van der Waals surface area contributed by atoms with Crippen molar-refractivity contribution < 1.29 is 23.4 Å². The Morgan fingerprint density at radius 1 is 1.07 bits per heavy atom. The third-order valence-electron chi connectivity index (χ3n) is 5.12. The SMILES string of the molecule is O=C1CN(CC(O)COc2ccc(-c3ccc(F)cc3F)c3ccccc23)CCN1. The van der Waals surface area contributed by atoms with E-state index in [9.17, 15) is 18.7 Å². The lowest BCUT2D eigenvalue weighted by molar-refractivity contribution is -0.124. The molecule has 3 aromatic rings. The molecule has 1 amide bonds. The zero-order chi connectivity index (χ0) is 21.1. The summed E-state index contributed by atoms with van der Waals surface area (Å²) in [4.78, 5) is 13.3. The number of aliphatic hydroxyl groups is 1. The van der Waals surface area contributed by atoms with Gasteiger partial charge >= 0.3 is 0 Å². The summed E-state index contributed by atoms with van der Waals surface area (Å²) in [5.41, 5.74) is 0.942. The molecule has 0 aliphatic carbocycles. The van der Waals surface area contributed by atoms with Crippen molar-refractivity contribution in [3.8, 4) is 16.9 Å². The summed E-state index contributed by atoms with van der Waals surface area (Å²) in [5, 5.41) is 14.6. The van der Waals surface area contributed by atoms with Crippen LogP contribution in [0.5, 0.6) is 5.75 Å².